The number of pyridine rings is 1. The van der Waals surface area contributed by atoms with Crippen LogP contribution in [0.15, 0.2) is 18.3 Å². The van der Waals surface area contributed by atoms with Crippen molar-refractivity contribution in [1.29, 1.82) is 0 Å². The maximum absolute atomic E-state index is 11.1. The molecule has 94 valence electrons. The first-order valence-electron chi connectivity index (χ1n) is 5.36. The van der Waals surface area contributed by atoms with Crippen molar-refractivity contribution < 1.29 is 4.79 Å². The molecule has 0 aliphatic carbocycles. The molecule has 18 heavy (non-hydrogen) atoms. The molecule has 0 saturated heterocycles. The Bertz CT molecular complexity index is 577. The molecule has 0 aliphatic rings. The monoisotopic (exact) mass is 246 g/mol. The number of nitrogen functional groups attached to an aromatic ring is 1. The van der Waals surface area contributed by atoms with E-state index in [2.05, 4.69) is 20.5 Å². The average molecular weight is 246 g/mol. The number of anilines is 2. The van der Waals surface area contributed by atoms with Crippen molar-refractivity contribution in [2.24, 2.45) is 5.73 Å². The minimum absolute atomic E-state index is 0.421. The fourth-order valence-electron chi connectivity index (χ4n) is 1.55. The Kier molecular flexibility index (Phi) is 3.13. The normalized spacial score (nSPS) is 10.3. The molecule has 0 bridgehead atoms. The third-order valence-corrected chi connectivity index (χ3v) is 2.45. The third-order valence-electron chi connectivity index (χ3n) is 2.45. The second kappa shape index (κ2) is 4.74. The van der Waals surface area contributed by atoms with Crippen LogP contribution in [0.25, 0.3) is 0 Å². The quantitative estimate of drug-likeness (QED) is 0.622. The van der Waals surface area contributed by atoms with Crippen LogP contribution in [0, 0.1) is 6.92 Å². The lowest BCUT2D eigenvalue weighted by Gasteiger charge is -2.07. The highest BCUT2D eigenvalue weighted by Crippen LogP contribution is 2.13. The summed E-state index contributed by atoms with van der Waals surface area (Å²) >= 11 is 0. The largest absolute Gasteiger partial charge is 0.384 e. The fourth-order valence-corrected chi connectivity index (χ4v) is 1.55. The molecule has 6 N–H and O–H groups in total. The number of nitrogens with two attached hydrogens (primary N) is 2. The zero-order valence-corrected chi connectivity index (χ0v) is 9.90. The fraction of sp³-hybridized carbons (Fsp3) is 0.182. The molecule has 2 aromatic rings. The summed E-state index contributed by atoms with van der Waals surface area (Å²) in [5.41, 5.74) is 12.9. The third kappa shape index (κ3) is 2.57. The summed E-state index contributed by atoms with van der Waals surface area (Å²) in [6, 6.07) is 3.24. The van der Waals surface area contributed by atoms with Crippen LogP contribution in [0.2, 0.25) is 0 Å². The predicted octanol–water partition coefficient (Wildman–Crippen LogP) is 0.406. The van der Waals surface area contributed by atoms with Gasteiger partial charge in [-0.1, -0.05) is 0 Å². The molecular weight excluding hydrogens is 232 g/mol. The Morgan fingerprint density at radius 1 is 1.50 bits per heavy atom. The average Bonchev–Trinajstić information content (AvgIpc) is 2.71. The maximum Gasteiger partial charge on any atom is 0.248 e. The van der Waals surface area contributed by atoms with Crippen LogP contribution in [-0.4, -0.2) is 21.1 Å². The van der Waals surface area contributed by atoms with Crippen molar-refractivity contribution in [3.05, 3.63) is 35.2 Å². The van der Waals surface area contributed by atoms with Gasteiger partial charge < -0.3 is 16.8 Å². The van der Waals surface area contributed by atoms with Crippen LogP contribution in [0.1, 0.15) is 21.6 Å². The Labute approximate surface area is 104 Å². The standard InChI is InChI=1S/C11H14N6O/c1-6-2-7(11(13)18)3-9(16-6)14-4-8-5-15-17-10(8)12/h2-3,5H,4H2,1H3,(H2,13,18)(H,14,16)(H3,12,15,17). The van der Waals surface area contributed by atoms with E-state index in [-0.39, 0.29) is 0 Å². The summed E-state index contributed by atoms with van der Waals surface area (Å²) < 4.78 is 0. The highest BCUT2D eigenvalue weighted by molar-refractivity contribution is 5.93. The van der Waals surface area contributed by atoms with E-state index < -0.39 is 5.91 Å². The van der Waals surface area contributed by atoms with Crippen LogP contribution in [0.5, 0.6) is 0 Å². The van der Waals surface area contributed by atoms with Crippen LogP contribution >= 0.6 is 0 Å². The Morgan fingerprint density at radius 3 is 2.89 bits per heavy atom. The molecule has 2 aromatic heterocycles. The summed E-state index contributed by atoms with van der Waals surface area (Å²) in [6.45, 7) is 2.26. The maximum atomic E-state index is 11.1. The van der Waals surface area contributed by atoms with E-state index in [1.54, 1.807) is 25.3 Å². The van der Waals surface area contributed by atoms with E-state index in [0.29, 0.717) is 29.4 Å². The first-order valence-corrected chi connectivity index (χ1v) is 5.36. The number of aromatic amines is 1. The number of carbonyl (C=O) groups excluding carboxylic acids is 1. The molecule has 0 saturated carbocycles. The van der Waals surface area contributed by atoms with Crippen molar-refractivity contribution in [1.82, 2.24) is 15.2 Å². The number of nitrogens with zero attached hydrogens (tertiary/aromatic N) is 2. The number of H-pyrrole nitrogens is 1. The van der Waals surface area contributed by atoms with E-state index in [4.69, 9.17) is 11.5 Å². The number of aryl methyl sites for hydroxylation is 1. The van der Waals surface area contributed by atoms with Gasteiger partial charge in [0, 0.05) is 23.4 Å². The van der Waals surface area contributed by atoms with Crippen molar-refractivity contribution in [3.63, 3.8) is 0 Å². The van der Waals surface area contributed by atoms with Gasteiger partial charge in [0.15, 0.2) is 0 Å². The van der Waals surface area contributed by atoms with Gasteiger partial charge in [-0.05, 0) is 19.1 Å². The second-order valence-electron chi connectivity index (χ2n) is 3.91. The Morgan fingerprint density at radius 2 is 2.28 bits per heavy atom. The molecule has 0 aliphatic heterocycles. The van der Waals surface area contributed by atoms with Gasteiger partial charge in [0.25, 0.3) is 0 Å². The number of rotatable bonds is 4. The lowest BCUT2D eigenvalue weighted by molar-refractivity contribution is 0.1000. The van der Waals surface area contributed by atoms with Gasteiger partial charge in [-0.2, -0.15) is 5.10 Å². The zero-order valence-electron chi connectivity index (χ0n) is 9.90. The molecule has 2 heterocycles. The van der Waals surface area contributed by atoms with E-state index in [0.717, 1.165) is 5.56 Å². The molecular formula is C11H14N6O. The number of primary amides is 1. The lowest BCUT2D eigenvalue weighted by Crippen LogP contribution is -2.13. The highest BCUT2D eigenvalue weighted by atomic mass is 16.1. The van der Waals surface area contributed by atoms with Gasteiger partial charge in [0.1, 0.15) is 11.6 Å². The van der Waals surface area contributed by atoms with E-state index in [1.165, 1.54) is 0 Å². The molecule has 0 spiro atoms. The Hall–Kier alpha value is -2.57. The minimum atomic E-state index is -0.480. The zero-order chi connectivity index (χ0) is 13.1. The van der Waals surface area contributed by atoms with Crippen LogP contribution in [-0.2, 0) is 6.54 Å². The van der Waals surface area contributed by atoms with Crippen LogP contribution < -0.4 is 16.8 Å². The second-order valence-corrected chi connectivity index (χ2v) is 3.91. The van der Waals surface area contributed by atoms with Crippen molar-refractivity contribution in [2.45, 2.75) is 13.5 Å². The molecule has 7 nitrogen and oxygen atoms in total. The molecule has 0 aromatic carbocycles. The van der Waals surface area contributed by atoms with E-state index in [1.807, 2.05) is 0 Å². The van der Waals surface area contributed by atoms with Gasteiger partial charge in [-0.25, -0.2) is 4.98 Å². The molecule has 1 amide bonds. The van der Waals surface area contributed by atoms with Crippen molar-refractivity contribution in [3.8, 4) is 0 Å². The molecule has 2 rings (SSSR count). The molecule has 7 heteroatoms. The minimum Gasteiger partial charge on any atom is -0.384 e. The Balaban J connectivity index is 2.14. The summed E-state index contributed by atoms with van der Waals surface area (Å²) in [5.74, 6) is 0.598. The van der Waals surface area contributed by atoms with Gasteiger partial charge in [0.05, 0.1) is 6.20 Å². The van der Waals surface area contributed by atoms with Crippen LogP contribution in [0.3, 0.4) is 0 Å². The number of nitrogens with one attached hydrogen (secondary N) is 2. The van der Waals surface area contributed by atoms with Crippen molar-refractivity contribution >= 4 is 17.5 Å². The SMILES string of the molecule is Cc1cc(C(N)=O)cc(NCc2cn[nH]c2N)n1. The van der Waals surface area contributed by atoms with Crippen molar-refractivity contribution in [2.75, 3.05) is 11.1 Å². The number of amides is 1. The molecule has 0 atom stereocenters. The van der Waals surface area contributed by atoms with Gasteiger partial charge in [-0.15, -0.1) is 0 Å². The van der Waals surface area contributed by atoms with E-state index >= 15 is 0 Å². The van der Waals surface area contributed by atoms with E-state index in [9.17, 15) is 4.79 Å². The predicted molar refractivity (Wildman–Crippen MR) is 67.8 cm³/mol. The van der Waals surface area contributed by atoms with Crippen LogP contribution in [0.4, 0.5) is 11.6 Å². The molecule has 0 unspecified atom stereocenters. The molecule has 0 fully saturated rings. The number of hydrogen-bond acceptors (Lipinski definition) is 5. The summed E-state index contributed by atoms with van der Waals surface area (Å²) in [6.07, 6.45) is 1.63. The first-order chi connectivity index (χ1) is 8.56. The van der Waals surface area contributed by atoms with Gasteiger partial charge in [0.2, 0.25) is 5.91 Å². The number of aromatic nitrogens is 3. The highest BCUT2D eigenvalue weighted by Gasteiger charge is 2.06. The summed E-state index contributed by atoms with van der Waals surface area (Å²) in [7, 11) is 0. The summed E-state index contributed by atoms with van der Waals surface area (Å²) in [4.78, 5) is 15.4. The first kappa shape index (κ1) is 11.9. The smallest absolute Gasteiger partial charge is 0.248 e. The number of carbonyl (C=O) groups is 1. The topological polar surface area (TPSA) is 123 Å². The molecule has 0 radical (unpaired) electrons. The van der Waals surface area contributed by atoms with Gasteiger partial charge >= 0.3 is 0 Å². The number of hydrogen-bond donors (Lipinski definition) is 4. The lowest BCUT2D eigenvalue weighted by atomic mass is 10.2. The summed E-state index contributed by atoms with van der Waals surface area (Å²) in [5, 5.41) is 9.52. The van der Waals surface area contributed by atoms with Gasteiger partial charge in [-0.3, -0.25) is 9.89 Å².